The van der Waals surface area contributed by atoms with Crippen LogP contribution in [-0.4, -0.2) is 361 Å². The highest BCUT2D eigenvalue weighted by Gasteiger charge is 2.73. The standard InChI is InChI=1S/C71H112O37/c1-24-36(77)41(82)46(87)59(96-24)104-53-50(91)54(57(92)93)105-64(56(53)107-62-48(89)43(84)40(81)31(21-73)100-62)101-35-13-14-67(6)32(68(35,7)23-74)12-15-69(8)33(67)11-10-27-28-18-66(4,5)16-17-71(28,34(76)19-70(27,69)9)65(94)108-63-55(52(37(78)25(2)97-63)103-61-47(88)42(83)39(80)30(20-72)99-61)106-60-49(90)44(85)51(26(3)98-60)102-58-45(86)38(79)29(75)22-95-58/h10,23-26,28-56,58-64,72-73,75-91H,11-22H2,1-9H3,(H,92,93)/t24-,25+,26-,28-,29+,30+,31+,32+,33+,34+,35-,36-,37-,38-,39+,40-,41+,42-,43-,44-,45+,46+,47+,48+,49+,50-,51-,52-,53-,54-,55+,56+,58-,59-,60-,61-,62-,63-,64+,67-,68-,69+,70+,71+/m0/s1. The van der Waals surface area contributed by atoms with Gasteiger partial charge in [0.05, 0.1) is 55.8 Å². The van der Waals surface area contributed by atoms with Gasteiger partial charge >= 0.3 is 11.9 Å². The van der Waals surface area contributed by atoms with Gasteiger partial charge in [-0.05, 0) is 118 Å². The first-order chi connectivity index (χ1) is 50.6. The lowest BCUT2D eigenvalue weighted by atomic mass is 9.33. The number of aldehydes is 1. The van der Waals surface area contributed by atoms with Crippen LogP contribution < -0.4 is 0 Å². The normalized spacial score (nSPS) is 55.3. The van der Waals surface area contributed by atoms with Crippen molar-refractivity contribution >= 4 is 18.2 Å². The molecule has 618 valence electrons. The molecule has 11 fully saturated rings. The summed E-state index contributed by atoms with van der Waals surface area (Å²) in [5.41, 5.74) is -5.20. The highest BCUT2D eigenvalue weighted by Crippen LogP contribution is 2.76. The smallest absolute Gasteiger partial charge is 0.335 e. The monoisotopic (exact) mass is 1560 g/mol. The summed E-state index contributed by atoms with van der Waals surface area (Å²) in [6, 6.07) is 0. The lowest BCUT2D eigenvalue weighted by molar-refractivity contribution is -0.394. The van der Waals surface area contributed by atoms with Gasteiger partial charge in [-0.3, -0.25) is 4.79 Å². The van der Waals surface area contributed by atoms with Crippen molar-refractivity contribution in [3.63, 3.8) is 0 Å². The SMILES string of the molecule is C[C@@H]1O[C@@H](O[C@H]2[C@H](O)[C@@H](C(=O)O)O[C@@H](O[C@H]3CC[C@]4(C)[C@H]5CC=C6[C@@H]7CC(C)(C)CC[C@]7(C(=O)O[C@@H]7O[C@H](C)[C@H](O)[C@H](O[C@@H]8O[C@H](CO)[C@@H](O)[C@H](O)[C@H]8O)[C@H]7O[C@@H]7O[C@@H](C)[C@H](O[C@@H]8OC[C@@H](O)[C@H](O)[C@H]8O)[C@@H](O)[C@H]7O)[C@H](O)C[C@@]6(C)[C@]5(C)CC[C@H]4[C@]3(C)C=O)[C@@H]2O[C@@H]2O[C@H](CO)[C@H](O)[C@H](O)[C@H]2O)[C@H](O)[C@H](O)[C@H]1O. The number of ether oxygens (including phenoxy) is 14. The molecule has 0 aromatic heterocycles. The van der Waals surface area contributed by atoms with Crippen molar-refractivity contribution in [2.75, 3.05) is 19.8 Å². The van der Waals surface area contributed by atoms with Gasteiger partial charge in [-0.25, -0.2) is 4.79 Å². The lowest BCUT2D eigenvalue weighted by Crippen LogP contribution is -2.70. The fraction of sp³-hybridized carbons (Fsp3) is 0.930. The van der Waals surface area contributed by atoms with E-state index in [4.69, 9.17) is 66.3 Å². The highest BCUT2D eigenvalue weighted by molar-refractivity contribution is 5.80. The van der Waals surface area contributed by atoms with Crippen LogP contribution in [-0.2, 0) is 80.7 Å². The molecule has 12 aliphatic rings. The minimum atomic E-state index is -2.25. The molecule has 0 radical (unpaired) electrons. The summed E-state index contributed by atoms with van der Waals surface area (Å²) in [6.07, 6.45) is -60.0. The Balaban J connectivity index is 0.838. The minimum absolute atomic E-state index is 0.0155. The van der Waals surface area contributed by atoms with Crippen molar-refractivity contribution in [1.82, 2.24) is 0 Å². The first kappa shape index (κ1) is 84.5. The average molecular weight is 1560 g/mol. The maximum Gasteiger partial charge on any atom is 0.335 e. The first-order valence-electron chi connectivity index (χ1n) is 37.5. The summed E-state index contributed by atoms with van der Waals surface area (Å²) in [4.78, 5) is 43.5. The predicted molar refractivity (Wildman–Crippen MR) is 353 cm³/mol. The zero-order chi connectivity index (χ0) is 79.0. The van der Waals surface area contributed by atoms with Crippen molar-refractivity contribution in [2.45, 2.75) is 341 Å². The average Bonchev–Trinajstić information content (AvgIpc) is 0.669. The summed E-state index contributed by atoms with van der Waals surface area (Å²) in [5.74, 6) is -4.28. The zero-order valence-corrected chi connectivity index (χ0v) is 61.5. The van der Waals surface area contributed by atoms with Gasteiger partial charge < -0.3 is 173 Å². The fourth-order valence-electron chi connectivity index (χ4n) is 20.5. The Labute approximate surface area is 621 Å². The molecule has 44 atom stereocenters. The van der Waals surface area contributed by atoms with Gasteiger partial charge in [0.2, 0.25) is 6.29 Å². The Bertz CT molecular complexity index is 3170. The van der Waals surface area contributed by atoms with E-state index in [1.165, 1.54) is 20.8 Å². The molecule has 37 nitrogen and oxygen atoms in total. The molecule has 0 spiro atoms. The summed E-state index contributed by atoms with van der Waals surface area (Å²) >= 11 is 0. The highest BCUT2D eigenvalue weighted by atomic mass is 16.8. The molecule has 7 saturated heterocycles. The Morgan fingerprint density at radius 1 is 0.481 bits per heavy atom. The molecule has 108 heavy (non-hydrogen) atoms. The predicted octanol–water partition coefficient (Wildman–Crippen LogP) is -6.60. The van der Waals surface area contributed by atoms with Crippen molar-refractivity contribution in [2.24, 2.45) is 50.2 Å². The van der Waals surface area contributed by atoms with E-state index < -0.39 is 297 Å². The summed E-state index contributed by atoms with van der Waals surface area (Å²) < 4.78 is 85.2. The third-order valence-electron chi connectivity index (χ3n) is 27.2. The van der Waals surface area contributed by atoms with E-state index in [-0.39, 0.29) is 25.2 Å². The molecule has 0 bridgehead atoms. The van der Waals surface area contributed by atoms with Crippen molar-refractivity contribution in [3.05, 3.63) is 11.6 Å². The van der Waals surface area contributed by atoms with Crippen LogP contribution in [0.4, 0.5) is 0 Å². The van der Waals surface area contributed by atoms with E-state index in [2.05, 4.69) is 26.8 Å². The molecule has 7 aliphatic heterocycles. The quantitative estimate of drug-likeness (QED) is 0.0263. The molecule has 5 aliphatic carbocycles. The Kier molecular flexibility index (Phi) is 24.7. The van der Waals surface area contributed by atoms with Gasteiger partial charge in [0.1, 0.15) is 146 Å². The summed E-state index contributed by atoms with van der Waals surface area (Å²) in [5, 5.41) is 221. The number of aliphatic hydroxyl groups excluding tert-OH is 19. The maximum absolute atomic E-state index is 16.1. The molecular formula is C71H112O37. The number of carbonyl (C=O) groups excluding carboxylic acids is 2. The minimum Gasteiger partial charge on any atom is -0.479 e. The topological polar surface area (TPSA) is 585 Å². The molecule has 7 heterocycles. The van der Waals surface area contributed by atoms with Crippen LogP contribution in [0, 0.1) is 50.2 Å². The molecule has 20 N–H and O–H groups in total. The van der Waals surface area contributed by atoms with Crippen LogP contribution in [0.1, 0.15) is 120 Å². The third kappa shape index (κ3) is 14.3. The number of allylic oxidation sites excluding steroid dienone is 2. The number of hydrogen-bond acceptors (Lipinski definition) is 36. The fourth-order valence-corrected chi connectivity index (χ4v) is 20.5. The number of rotatable bonds is 18. The van der Waals surface area contributed by atoms with E-state index in [0.29, 0.717) is 38.5 Å². The van der Waals surface area contributed by atoms with Gasteiger partial charge in [0.15, 0.2) is 49.9 Å². The number of carbonyl (C=O) groups is 3. The molecule has 0 aromatic rings. The zero-order valence-electron chi connectivity index (χ0n) is 61.5. The van der Waals surface area contributed by atoms with Gasteiger partial charge in [-0.2, -0.15) is 0 Å². The van der Waals surface area contributed by atoms with E-state index >= 15 is 4.79 Å². The molecular weight excluding hydrogens is 1440 g/mol. The van der Waals surface area contributed by atoms with E-state index in [1.807, 2.05) is 13.8 Å². The van der Waals surface area contributed by atoms with Crippen LogP contribution in [0.25, 0.3) is 0 Å². The number of aliphatic hydroxyl groups is 19. The van der Waals surface area contributed by atoms with Gasteiger partial charge in [0, 0.05) is 0 Å². The van der Waals surface area contributed by atoms with E-state index in [0.717, 1.165) is 11.9 Å². The molecule has 37 heteroatoms. The van der Waals surface area contributed by atoms with E-state index in [1.54, 1.807) is 6.92 Å². The molecule has 0 amide bonds. The van der Waals surface area contributed by atoms with Crippen LogP contribution in [0.2, 0.25) is 0 Å². The van der Waals surface area contributed by atoms with Crippen molar-refractivity contribution < 1.29 is 183 Å². The van der Waals surface area contributed by atoms with Crippen LogP contribution >= 0.6 is 0 Å². The number of carboxylic acids is 1. The second-order valence-corrected chi connectivity index (χ2v) is 34.0. The number of fused-ring (bicyclic) bond motifs is 7. The molecule has 0 aromatic carbocycles. The van der Waals surface area contributed by atoms with Gasteiger partial charge in [0.25, 0.3) is 0 Å². The Morgan fingerprint density at radius 3 is 1.56 bits per heavy atom. The van der Waals surface area contributed by atoms with E-state index in [9.17, 15) is 112 Å². The van der Waals surface area contributed by atoms with Gasteiger partial charge in [-0.1, -0.05) is 53.2 Å². The van der Waals surface area contributed by atoms with Crippen molar-refractivity contribution in [1.29, 1.82) is 0 Å². The lowest BCUT2D eigenvalue weighted by Gasteiger charge is -2.71. The van der Waals surface area contributed by atoms with Crippen molar-refractivity contribution in [3.8, 4) is 0 Å². The number of carboxylic acid groups (broad SMARTS) is 1. The maximum atomic E-state index is 16.1. The number of aliphatic carboxylic acids is 1. The first-order valence-corrected chi connectivity index (χ1v) is 37.5. The van der Waals surface area contributed by atoms with Crippen LogP contribution in [0.15, 0.2) is 11.6 Å². The number of esters is 1. The van der Waals surface area contributed by atoms with Crippen LogP contribution in [0.3, 0.4) is 0 Å². The van der Waals surface area contributed by atoms with Gasteiger partial charge in [-0.15, -0.1) is 0 Å². The number of hydrogen-bond donors (Lipinski definition) is 20. The molecule has 0 unspecified atom stereocenters. The second kappa shape index (κ2) is 31.6. The largest absolute Gasteiger partial charge is 0.479 e. The summed E-state index contributed by atoms with van der Waals surface area (Å²) in [6.45, 7) is 13.9. The summed E-state index contributed by atoms with van der Waals surface area (Å²) in [7, 11) is 0. The third-order valence-corrected chi connectivity index (χ3v) is 27.2. The second-order valence-electron chi connectivity index (χ2n) is 34.0. The Morgan fingerprint density at radius 2 is 0.981 bits per heavy atom. The van der Waals surface area contributed by atoms with Crippen LogP contribution in [0.5, 0.6) is 0 Å². The Hall–Kier alpha value is -2.93. The molecule has 12 rings (SSSR count). The molecule has 4 saturated carbocycles.